The van der Waals surface area contributed by atoms with Crippen LogP contribution in [0.25, 0.3) is 55.8 Å². The number of nitrogens with one attached hydrogen (secondary N) is 4. The third-order valence-corrected chi connectivity index (χ3v) is 7.69. The van der Waals surface area contributed by atoms with Gasteiger partial charge in [-0.2, -0.15) is 5.10 Å². The van der Waals surface area contributed by atoms with E-state index in [2.05, 4.69) is 40.2 Å². The second kappa shape index (κ2) is 11.8. The average molecular weight is 631 g/mol. The molecule has 0 aliphatic carbocycles. The summed E-state index contributed by atoms with van der Waals surface area (Å²) in [5, 5.41) is 10.2. The number of fused-ring (bicyclic) bond motifs is 2. The fourth-order valence-corrected chi connectivity index (χ4v) is 5.52. The Morgan fingerprint density at radius 3 is 2.62 bits per heavy atom. The number of halogens is 2. The number of carbonyl (C=O) groups is 1. The fraction of sp³-hybridized carbons (Fsp3) is 0.194. The monoisotopic (exact) mass is 630 g/mol. The van der Waals surface area contributed by atoms with Crippen LogP contribution in [-0.2, 0) is 21.4 Å². The standard InChI is InChI=1S/C31H28F2N8O3S/c1-16(2)8-25(42)37-21-12-19(14-34-15-21)22-4-5-24-26(27(22)33)29(41-40-24)31-38-28-23(6-7-35-30(28)39-31)18-9-17(10-20(32)11-18)13-36-45(3,43)44/h4-7,9-12,14-16,36H,8,13H2,1-3H3,(H,37,42)(H,40,41)(H,35,38,39). The number of aromatic nitrogens is 6. The summed E-state index contributed by atoms with van der Waals surface area (Å²) in [7, 11) is -3.48. The molecule has 0 spiro atoms. The van der Waals surface area contributed by atoms with Crippen molar-refractivity contribution in [2.75, 3.05) is 11.6 Å². The number of rotatable bonds is 9. The van der Waals surface area contributed by atoms with Crippen molar-refractivity contribution in [2.24, 2.45) is 5.92 Å². The number of anilines is 1. The third kappa shape index (κ3) is 6.42. The third-order valence-electron chi connectivity index (χ3n) is 7.02. The molecule has 0 saturated heterocycles. The van der Waals surface area contributed by atoms with E-state index in [9.17, 15) is 17.6 Å². The van der Waals surface area contributed by atoms with E-state index in [1.807, 2.05) is 13.8 Å². The van der Waals surface area contributed by atoms with E-state index in [1.54, 1.807) is 30.3 Å². The maximum Gasteiger partial charge on any atom is 0.224 e. The lowest BCUT2D eigenvalue weighted by molar-refractivity contribution is -0.116. The number of imidazole rings is 1. The van der Waals surface area contributed by atoms with Gasteiger partial charge >= 0.3 is 0 Å². The number of hydrogen-bond acceptors (Lipinski definition) is 7. The molecule has 6 rings (SSSR count). The molecule has 0 bridgehead atoms. The normalized spacial score (nSPS) is 12.0. The molecular formula is C31H28F2N8O3S. The minimum Gasteiger partial charge on any atom is -0.335 e. The van der Waals surface area contributed by atoms with Crippen LogP contribution in [0.5, 0.6) is 0 Å². The van der Waals surface area contributed by atoms with Gasteiger partial charge in [-0.25, -0.2) is 31.9 Å². The van der Waals surface area contributed by atoms with Gasteiger partial charge in [-0.05, 0) is 59.5 Å². The largest absolute Gasteiger partial charge is 0.335 e. The number of pyridine rings is 2. The van der Waals surface area contributed by atoms with Crippen molar-refractivity contribution in [2.45, 2.75) is 26.8 Å². The summed E-state index contributed by atoms with van der Waals surface area (Å²) in [6.45, 7) is 3.80. The van der Waals surface area contributed by atoms with E-state index >= 15 is 4.39 Å². The Morgan fingerprint density at radius 2 is 1.84 bits per heavy atom. The van der Waals surface area contributed by atoms with E-state index in [0.29, 0.717) is 51.0 Å². The van der Waals surface area contributed by atoms with Crippen molar-refractivity contribution in [1.29, 1.82) is 0 Å². The van der Waals surface area contributed by atoms with Crippen LogP contribution in [0.1, 0.15) is 25.8 Å². The smallest absolute Gasteiger partial charge is 0.224 e. The Hall–Kier alpha value is -5.08. The first-order valence-electron chi connectivity index (χ1n) is 14.0. The lowest BCUT2D eigenvalue weighted by atomic mass is 10.0. The lowest BCUT2D eigenvalue weighted by Crippen LogP contribution is -2.21. The Bertz CT molecular complexity index is 2190. The van der Waals surface area contributed by atoms with Crippen LogP contribution in [0.4, 0.5) is 14.5 Å². The number of benzene rings is 2. The Labute approximate surface area is 256 Å². The number of amides is 1. The van der Waals surface area contributed by atoms with Crippen molar-refractivity contribution in [3.05, 3.63) is 78.3 Å². The predicted molar refractivity (Wildman–Crippen MR) is 167 cm³/mol. The van der Waals surface area contributed by atoms with Crippen LogP contribution in [0.15, 0.2) is 61.1 Å². The molecule has 14 heteroatoms. The van der Waals surface area contributed by atoms with Crippen LogP contribution >= 0.6 is 0 Å². The van der Waals surface area contributed by atoms with Crippen LogP contribution < -0.4 is 10.0 Å². The summed E-state index contributed by atoms with van der Waals surface area (Å²) in [5.41, 5.74) is 4.01. The molecule has 230 valence electrons. The van der Waals surface area contributed by atoms with E-state index in [1.165, 1.54) is 30.7 Å². The fourth-order valence-electron chi connectivity index (χ4n) is 5.09. The molecular weight excluding hydrogens is 602 g/mol. The van der Waals surface area contributed by atoms with Crippen LogP contribution in [0, 0.1) is 17.6 Å². The minimum absolute atomic E-state index is 0.0876. The second-order valence-corrected chi connectivity index (χ2v) is 12.9. The topological polar surface area (TPSA) is 158 Å². The molecule has 0 aliphatic heterocycles. The van der Waals surface area contributed by atoms with Crippen molar-refractivity contribution in [3.63, 3.8) is 0 Å². The molecule has 0 atom stereocenters. The van der Waals surface area contributed by atoms with Gasteiger partial charge in [-0.15, -0.1) is 0 Å². The molecule has 0 unspecified atom stereocenters. The van der Waals surface area contributed by atoms with E-state index in [0.717, 1.165) is 6.26 Å². The molecule has 0 fully saturated rings. The lowest BCUT2D eigenvalue weighted by Gasteiger charge is -2.09. The Morgan fingerprint density at radius 1 is 1.02 bits per heavy atom. The van der Waals surface area contributed by atoms with Crippen LogP contribution in [0.2, 0.25) is 0 Å². The minimum atomic E-state index is -3.48. The van der Waals surface area contributed by atoms with Gasteiger partial charge in [-0.3, -0.25) is 14.9 Å². The van der Waals surface area contributed by atoms with Crippen molar-refractivity contribution < 1.29 is 22.0 Å². The van der Waals surface area contributed by atoms with E-state index < -0.39 is 21.7 Å². The van der Waals surface area contributed by atoms with Gasteiger partial charge in [-0.1, -0.05) is 13.8 Å². The molecule has 2 aromatic carbocycles. The predicted octanol–water partition coefficient (Wildman–Crippen LogP) is 5.54. The first kappa shape index (κ1) is 30.0. The van der Waals surface area contributed by atoms with Crippen molar-refractivity contribution >= 4 is 43.7 Å². The van der Waals surface area contributed by atoms with Gasteiger partial charge in [0.1, 0.15) is 17.3 Å². The SMILES string of the molecule is CC(C)CC(=O)Nc1cncc(-c2ccc3[nH]nc(-c4nc5nccc(-c6cc(F)cc(CNS(C)(=O)=O)c6)c5[nH]4)c3c2F)c1. The average Bonchev–Trinajstić information content (AvgIpc) is 3.60. The maximum absolute atomic E-state index is 16.2. The summed E-state index contributed by atoms with van der Waals surface area (Å²) < 4.78 is 56.3. The number of nitrogens with zero attached hydrogens (tertiary/aromatic N) is 4. The highest BCUT2D eigenvalue weighted by Crippen LogP contribution is 2.35. The van der Waals surface area contributed by atoms with Gasteiger partial charge in [0.05, 0.1) is 34.6 Å². The molecule has 4 N–H and O–H groups in total. The van der Waals surface area contributed by atoms with Crippen LogP contribution in [-0.4, -0.2) is 50.7 Å². The molecule has 4 aromatic heterocycles. The van der Waals surface area contributed by atoms with Gasteiger partial charge in [0.2, 0.25) is 15.9 Å². The van der Waals surface area contributed by atoms with Gasteiger partial charge < -0.3 is 10.3 Å². The molecule has 4 heterocycles. The van der Waals surface area contributed by atoms with Crippen molar-refractivity contribution in [1.82, 2.24) is 34.9 Å². The molecule has 6 aromatic rings. The molecule has 0 radical (unpaired) electrons. The van der Waals surface area contributed by atoms with Crippen LogP contribution in [0.3, 0.4) is 0 Å². The number of H-pyrrole nitrogens is 2. The maximum atomic E-state index is 16.2. The molecule has 11 nitrogen and oxygen atoms in total. The summed E-state index contributed by atoms with van der Waals surface area (Å²) in [4.78, 5) is 28.5. The quantitative estimate of drug-likeness (QED) is 0.163. The Balaban J connectivity index is 1.39. The first-order chi connectivity index (χ1) is 21.4. The second-order valence-electron chi connectivity index (χ2n) is 11.1. The number of carbonyl (C=O) groups excluding carboxylic acids is 1. The molecule has 0 aliphatic rings. The zero-order chi connectivity index (χ0) is 31.9. The van der Waals surface area contributed by atoms with Crippen molar-refractivity contribution in [3.8, 4) is 33.8 Å². The van der Waals surface area contributed by atoms with Gasteiger partial charge in [0.15, 0.2) is 11.5 Å². The highest BCUT2D eigenvalue weighted by Gasteiger charge is 2.21. The highest BCUT2D eigenvalue weighted by atomic mass is 32.2. The Kier molecular flexibility index (Phi) is 7.85. The molecule has 1 amide bonds. The first-order valence-corrected chi connectivity index (χ1v) is 15.9. The number of sulfonamides is 1. The van der Waals surface area contributed by atoms with E-state index in [4.69, 9.17) is 0 Å². The van der Waals surface area contributed by atoms with Gasteiger partial charge in [0, 0.05) is 42.0 Å². The van der Waals surface area contributed by atoms with E-state index in [-0.39, 0.29) is 40.8 Å². The number of aromatic amines is 2. The number of hydrogen-bond donors (Lipinski definition) is 4. The highest BCUT2D eigenvalue weighted by molar-refractivity contribution is 7.88. The summed E-state index contributed by atoms with van der Waals surface area (Å²) >= 11 is 0. The molecule has 45 heavy (non-hydrogen) atoms. The molecule has 0 saturated carbocycles. The summed E-state index contributed by atoms with van der Waals surface area (Å²) in [6.07, 6.45) is 5.90. The summed E-state index contributed by atoms with van der Waals surface area (Å²) in [5.74, 6) is -0.857. The summed E-state index contributed by atoms with van der Waals surface area (Å²) in [6, 6.07) is 10.9. The zero-order valence-electron chi connectivity index (χ0n) is 24.4. The zero-order valence-corrected chi connectivity index (χ0v) is 25.3. The van der Waals surface area contributed by atoms with Gasteiger partial charge in [0.25, 0.3) is 0 Å².